The molecule has 0 bridgehead atoms. The highest BCUT2D eigenvalue weighted by Gasteiger charge is 2.21. The fraction of sp³-hybridized carbons (Fsp3) is 0.769. The van der Waals surface area contributed by atoms with E-state index in [0.717, 1.165) is 32.7 Å². The average Bonchev–Trinajstić information content (AvgIpc) is 2.86. The maximum Gasteiger partial charge on any atom is 0.111 e. The molecule has 0 amide bonds. The second kappa shape index (κ2) is 6.31. The van der Waals surface area contributed by atoms with Crippen molar-refractivity contribution in [3.63, 3.8) is 0 Å². The van der Waals surface area contributed by atoms with E-state index in [-0.39, 0.29) is 6.10 Å². The molecule has 1 aliphatic heterocycles. The van der Waals surface area contributed by atoms with Crippen LogP contribution in [0.4, 0.5) is 0 Å². The zero-order valence-corrected chi connectivity index (χ0v) is 11.6. The van der Waals surface area contributed by atoms with Crippen molar-refractivity contribution < 1.29 is 4.74 Å². The molecule has 1 fully saturated rings. The lowest BCUT2D eigenvalue weighted by molar-refractivity contribution is 0.0219. The highest BCUT2D eigenvalue weighted by Crippen LogP contribution is 2.23. The lowest BCUT2D eigenvalue weighted by Crippen LogP contribution is -2.34. The van der Waals surface area contributed by atoms with Crippen molar-refractivity contribution >= 4 is 0 Å². The van der Waals surface area contributed by atoms with Gasteiger partial charge in [-0.3, -0.25) is 0 Å². The molecular weight excluding hydrogens is 228 g/mol. The predicted octanol–water partition coefficient (Wildman–Crippen LogP) is 1.06. The summed E-state index contributed by atoms with van der Waals surface area (Å²) in [5.74, 6) is 0. The molecule has 2 atom stereocenters. The molecule has 2 heterocycles. The van der Waals surface area contributed by atoms with Crippen LogP contribution < -0.4 is 5.32 Å². The summed E-state index contributed by atoms with van der Waals surface area (Å²) in [6, 6.07) is 0.454. The Kier molecular flexibility index (Phi) is 4.74. The largest absolute Gasteiger partial charge is 0.369 e. The standard InChI is InChI=1S/C13H24N4O/c1-11(4-6-16(2)3)17-10-15-8-12(17)13-9-14-5-7-18-13/h8,10-11,13-14H,4-7,9H2,1-3H3. The molecule has 2 unspecified atom stereocenters. The lowest BCUT2D eigenvalue weighted by Gasteiger charge is -2.26. The van der Waals surface area contributed by atoms with Gasteiger partial charge in [-0.1, -0.05) is 0 Å². The molecule has 0 saturated carbocycles. The predicted molar refractivity (Wildman–Crippen MR) is 71.7 cm³/mol. The molecule has 1 aliphatic rings. The second-order valence-corrected chi connectivity index (χ2v) is 5.23. The van der Waals surface area contributed by atoms with E-state index in [9.17, 15) is 0 Å². The van der Waals surface area contributed by atoms with Gasteiger partial charge in [0.1, 0.15) is 6.10 Å². The van der Waals surface area contributed by atoms with Crippen LogP contribution in [0.5, 0.6) is 0 Å². The fourth-order valence-corrected chi connectivity index (χ4v) is 2.27. The van der Waals surface area contributed by atoms with Crippen LogP contribution in [0.25, 0.3) is 0 Å². The Hall–Kier alpha value is -0.910. The van der Waals surface area contributed by atoms with Crippen molar-refractivity contribution in [3.8, 4) is 0 Å². The first-order chi connectivity index (χ1) is 8.68. The van der Waals surface area contributed by atoms with Gasteiger partial charge in [0.25, 0.3) is 0 Å². The van der Waals surface area contributed by atoms with Gasteiger partial charge in [-0.25, -0.2) is 4.98 Å². The smallest absolute Gasteiger partial charge is 0.111 e. The number of nitrogens with zero attached hydrogens (tertiary/aromatic N) is 3. The maximum atomic E-state index is 5.80. The molecule has 5 heteroatoms. The van der Waals surface area contributed by atoms with Gasteiger partial charge in [-0.05, 0) is 34.0 Å². The second-order valence-electron chi connectivity index (χ2n) is 5.23. The molecule has 5 nitrogen and oxygen atoms in total. The maximum absolute atomic E-state index is 5.80. The minimum Gasteiger partial charge on any atom is -0.369 e. The van der Waals surface area contributed by atoms with Crippen LogP contribution in [0.15, 0.2) is 12.5 Å². The molecule has 1 aromatic heterocycles. The molecule has 0 aromatic carbocycles. The third-order valence-electron chi connectivity index (χ3n) is 3.42. The number of hydrogen-bond acceptors (Lipinski definition) is 4. The van der Waals surface area contributed by atoms with E-state index in [0.29, 0.717) is 6.04 Å². The van der Waals surface area contributed by atoms with Crippen molar-refractivity contribution in [2.45, 2.75) is 25.5 Å². The quantitative estimate of drug-likeness (QED) is 0.851. The Morgan fingerprint density at radius 1 is 1.61 bits per heavy atom. The number of morpholine rings is 1. The molecule has 0 spiro atoms. The van der Waals surface area contributed by atoms with Crippen LogP contribution >= 0.6 is 0 Å². The first kappa shape index (κ1) is 13.5. The SMILES string of the molecule is CC(CCN(C)C)n1cncc1C1CNCCO1. The van der Waals surface area contributed by atoms with E-state index < -0.39 is 0 Å². The Morgan fingerprint density at radius 3 is 3.11 bits per heavy atom. The van der Waals surface area contributed by atoms with Crippen LogP contribution in [-0.2, 0) is 4.74 Å². The summed E-state index contributed by atoms with van der Waals surface area (Å²) < 4.78 is 8.06. The van der Waals surface area contributed by atoms with E-state index in [2.05, 4.69) is 40.8 Å². The van der Waals surface area contributed by atoms with E-state index in [4.69, 9.17) is 4.74 Å². The van der Waals surface area contributed by atoms with Gasteiger partial charge in [0.05, 0.1) is 24.8 Å². The topological polar surface area (TPSA) is 42.3 Å². The summed E-state index contributed by atoms with van der Waals surface area (Å²) in [7, 11) is 4.21. The van der Waals surface area contributed by atoms with Gasteiger partial charge >= 0.3 is 0 Å². The zero-order valence-electron chi connectivity index (χ0n) is 11.6. The highest BCUT2D eigenvalue weighted by molar-refractivity contribution is 5.06. The van der Waals surface area contributed by atoms with Crippen LogP contribution in [0.3, 0.4) is 0 Å². The van der Waals surface area contributed by atoms with E-state index >= 15 is 0 Å². The molecule has 102 valence electrons. The summed E-state index contributed by atoms with van der Waals surface area (Å²) in [6.45, 7) is 5.93. The Bertz CT molecular complexity index is 358. The van der Waals surface area contributed by atoms with E-state index in [1.54, 1.807) is 0 Å². The summed E-state index contributed by atoms with van der Waals surface area (Å²) in [5.41, 5.74) is 1.19. The molecule has 0 aliphatic carbocycles. The summed E-state index contributed by atoms with van der Waals surface area (Å²) >= 11 is 0. The molecule has 2 rings (SSSR count). The molecule has 18 heavy (non-hydrogen) atoms. The van der Waals surface area contributed by atoms with E-state index in [1.807, 2.05) is 12.5 Å². The van der Waals surface area contributed by atoms with Crippen molar-refractivity contribution in [2.24, 2.45) is 0 Å². The van der Waals surface area contributed by atoms with Gasteiger partial charge in [0.15, 0.2) is 0 Å². The normalized spacial score (nSPS) is 22.3. The average molecular weight is 252 g/mol. The number of hydrogen-bond donors (Lipinski definition) is 1. The lowest BCUT2D eigenvalue weighted by atomic mass is 10.2. The van der Waals surface area contributed by atoms with Crippen LogP contribution in [0.2, 0.25) is 0 Å². The zero-order chi connectivity index (χ0) is 13.0. The van der Waals surface area contributed by atoms with Gasteiger partial charge in [0, 0.05) is 19.1 Å². The number of nitrogens with one attached hydrogen (secondary N) is 1. The summed E-state index contributed by atoms with van der Waals surface area (Å²) in [5, 5.41) is 3.37. The Balaban J connectivity index is 2.01. The number of ether oxygens (including phenoxy) is 1. The Morgan fingerprint density at radius 2 is 2.44 bits per heavy atom. The summed E-state index contributed by atoms with van der Waals surface area (Å²) in [4.78, 5) is 6.50. The monoisotopic (exact) mass is 252 g/mol. The number of rotatable bonds is 5. The van der Waals surface area contributed by atoms with Gasteiger partial charge < -0.3 is 19.5 Å². The van der Waals surface area contributed by atoms with Crippen LogP contribution in [0, 0.1) is 0 Å². The summed E-state index contributed by atoms with van der Waals surface area (Å²) in [6.07, 6.45) is 5.12. The molecule has 1 N–H and O–H groups in total. The number of aromatic nitrogens is 2. The van der Waals surface area contributed by atoms with Gasteiger partial charge in [-0.2, -0.15) is 0 Å². The highest BCUT2D eigenvalue weighted by atomic mass is 16.5. The fourth-order valence-electron chi connectivity index (χ4n) is 2.27. The molecular formula is C13H24N4O. The Labute approximate surface area is 109 Å². The van der Waals surface area contributed by atoms with Crippen molar-refractivity contribution in [1.29, 1.82) is 0 Å². The van der Waals surface area contributed by atoms with Crippen molar-refractivity contribution in [1.82, 2.24) is 19.8 Å². The van der Waals surface area contributed by atoms with Gasteiger partial charge in [-0.15, -0.1) is 0 Å². The minimum atomic E-state index is 0.142. The molecule has 0 radical (unpaired) electrons. The van der Waals surface area contributed by atoms with Crippen LogP contribution in [0.1, 0.15) is 31.2 Å². The van der Waals surface area contributed by atoms with Crippen molar-refractivity contribution in [2.75, 3.05) is 40.3 Å². The first-order valence-corrected chi connectivity index (χ1v) is 6.67. The van der Waals surface area contributed by atoms with E-state index in [1.165, 1.54) is 5.69 Å². The molecule has 1 saturated heterocycles. The third-order valence-corrected chi connectivity index (χ3v) is 3.42. The van der Waals surface area contributed by atoms with Crippen molar-refractivity contribution in [3.05, 3.63) is 18.2 Å². The number of imidazole rings is 1. The first-order valence-electron chi connectivity index (χ1n) is 6.67. The van der Waals surface area contributed by atoms with Crippen LogP contribution in [-0.4, -0.2) is 54.8 Å². The minimum absolute atomic E-state index is 0.142. The third kappa shape index (κ3) is 3.31. The molecule has 1 aromatic rings. The van der Waals surface area contributed by atoms with Gasteiger partial charge in [0.2, 0.25) is 0 Å².